The Morgan fingerprint density at radius 2 is 1.10 bits per heavy atom. The van der Waals surface area contributed by atoms with Gasteiger partial charge in [-0.15, -0.1) is 0 Å². The average molecular weight is 308 g/mol. The third kappa shape index (κ3) is 2.11. The largest absolute Gasteiger partial charge is 0.301 e. The van der Waals surface area contributed by atoms with Crippen LogP contribution in [0.2, 0.25) is 0 Å². The normalized spacial score (nSPS) is 13.8. The summed E-state index contributed by atoms with van der Waals surface area (Å²) in [5.41, 5.74) is 0. The molecule has 8 heteroatoms. The smallest absolute Gasteiger partial charge is 0.177 e. The summed E-state index contributed by atoms with van der Waals surface area (Å²) >= 11 is 0. The quantitative estimate of drug-likeness (QED) is 0.836. The van der Waals surface area contributed by atoms with E-state index in [1.807, 2.05) is 0 Å². The zero-order valence-electron chi connectivity index (χ0n) is 9.69. The summed E-state index contributed by atoms with van der Waals surface area (Å²) in [7, 11) is -6.29. The molecule has 20 heavy (non-hydrogen) atoms. The van der Waals surface area contributed by atoms with Gasteiger partial charge in [-0.2, -0.15) is 0 Å². The van der Waals surface area contributed by atoms with Gasteiger partial charge in [-0.3, -0.25) is 0 Å². The zero-order valence-corrected chi connectivity index (χ0v) is 10.5. The number of hydrogen-bond donors (Lipinski definition) is 2. The lowest BCUT2D eigenvalue weighted by Gasteiger charge is -2.31. The molecule has 2 aromatic rings. The molecule has 0 atom stereocenters. The monoisotopic (exact) mass is 308 g/mol. The Morgan fingerprint density at radius 1 is 0.750 bits per heavy atom. The van der Waals surface area contributed by atoms with Crippen molar-refractivity contribution in [3.63, 3.8) is 0 Å². The van der Waals surface area contributed by atoms with Crippen molar-refractivity contribution in [1.29, 1.82) is 0 Å². The molecule has 2 rings (SSSR count). The number of rotatable bonds is 2. The van der Waals surface area contributed by atoms with E-state index in [9.17, 15) is 30.9 Å². The molecule has 0 aliphatic rings. The fourth-order valence-corrected chi connectivity index (χ4v) is 3.38. The highest BCUT2D eigenvalue weighted by molar-refractivity contribution is 8.10. The molecule has 0 heterocycles. The molecular formula is C12H8F4O3S. The van der Waals surface area contributed by atoms with Gasteiger partial charge < -0.3 is 9.11 Å². The molecule has 0 aliphatic heterocycles. The van der Waals surface area contributed by atoms with Crippen LogP contribution < -0.4 is 0 Å². The van der Waals surface area contributed by atoms with Gasteiger partial charge >= 0.3 is 0 Å². The molecule has 0 fully saturated rings. The van der Waals surface area contributed by atoms with Crippen LogP contribution in [-0.2, 0) is 9.63 Å². The third-order valence-electron chi connectivity index (χ3n) is 2.63. The average Bonchev–Trinajstić information content (AvgIpc) is 2.35. The van der Waals surface area contributed by atoms with Crippen molar-refractivity contribution in [3.05, 3.63) is 59.7 Å². The number of hydrogen-bond acceptors (Lipinski definition) is 1. The second-order valence-corrected chi connectivity index (χ2v) is 6.58. The molecule has 0 saturated carbocycles. The van der Waals surface area contributed by atoms with Crippen molar-refractivity contribution in [2.75, 3.05) is 0 Å². The molecule has 0 amide bonds. The van der Waals surface area contributed by atoms with Crippen LogP contribution in [0, 0.1) is 23.3 Å². The van der Waals surface area contributed by atoms with E-state index in [0.717, 1.165) is 12.1 Å². The topological polar surface area (TPSA) is 57.5 Å². The lowest BCUT2D eigenvalue weighted by Crippen LogP contribution is -2.34. The van der Waals surface area contributed by atoms with Gasteiger partial charge in [0.05, 0.1) is 0 Å². The fraction of sp³-hybridized carbons (Fsp3) is 0. The summed E-state index contributed by atoms with van der Waals surface area (Å²) in [4.78, 5) is -2.74. The summed E-state index contributed by atoms with van der Waals surface area (Å²) in [6.07, 6.45) is 0. The van der Waals surface area contributed by atoms with E-state index in [1.54, 1.807) is 0 Å². The standard InChI is InChI=1S/C12H8F4O3S/c13-7-3-1-5-9(11(7)15)20(17,18,19)10-6-2-4-8(14)12(10)16/h1-6H,(H2,17,18,19). The third-order valence-corrected chi connectivity index (χ3v) is 4.84. The molecule has 0 spiro atoms. The molecule has 3 nitrogen and oxygen atoms in total. The SMILES string of the molecule is O=S(O)(O)(c1cccc(F)c1F)c1cccc(F)c1F. The first-order chi connectivity index (χ1) is 9.13. The molecule has 0 saturated heterocycles. The highest BCUT2D eigenvalue weighted by Crippen LogP contribution is 2.41. The van der Waals surface area contributed by atoms with Crippen LogP contribution in [-0.4, -0.2) is 13.3 Å². The van der Waals surface area contributed by atoms with Gasteiger partial charge in [0.1, 0.15) is 19.4 Å². The number of benzene rings is 2. The van der Waals surface area contributed by atoms with Crippen molar-refractivity contribution in [2.24, 2.45) is 0 Å². The minimum Gasteiger partial charge on any atom is -0.301 e. The first-order valence-corrected chi connectivity index (χ1v) is 7.06. The fourth-order valence-electron chi connectivity index (χ4n) is 1.65. The summed E-state index contributed by atoms with van der Waals surface area (Å²) in [5.74, 6) is -6.67. The Kier molecular flexibility index (Phi) is 3.20. The predicted molar refractivity (Wildman–Crippen MR) is 62.6 cm³/mol. The Morgan fingerprint density at radius 3 is 1.45 bits per heavy atom. The molecular weight excluding hydrogens is 300 g/mol. The van der Waals surface area contributed by atoms with Gasteiger partial charge in [0.15, 0.2) is 23.3 Å². The maximum atomic E-state index is 13.6. The molecule has 0 aromatic heterocycles. The van der Waals surface area contributed by atoms with Gasteiger partial charge in [-0.25, -0.2) is 21.8 Å². The van der Waals surface area contributed by atoms with Crippen molar-refractivity contribution >= 4 is 9.63 Å². The van der Waals surface area contributed by atoms with Crippen LogP contribution in [0.3, 0.4) is 0 Å². The Balaban J connectivity index is 2.84. The first-order valence-electron chi connectivity index (χ1n) is 5.18. The second-order valence-electron chi connectivity index (χ2n) is 3.97. The predicted octanol–water partition coefficient (Wildman–Crippen LogP) is 3.43. The van der Waals surface area contributed by atoms with Crippen LogP contribution >= 0.6 is 0 Å². The molecule has 2 N–H and O–H groups in total. The highest BCUT2D eigenvalue weighted by Gasteiger charge is 2.42. The minimum atomic E-state index is -6.29. The molecule has 0 unspecified atom stereocenters. The van der Waals surface area contributed by atoms with E-state index in [0.29, 0.717) is 24.3 Å². The van der Waals surface area contributed by atoms with Crippen LogP contribution in [0.15, 0.2) is 46.2 Å². The van der Waals surface area contributed by atoms with Crippen LogP contribution in [0.25, 0.3) is 0 Å². The van der Waals surface area contributed by atoms with Gasteiger partial charge in [0.2, 0.25) is 0 Å². The minimum absolute atomic E-state index is 0.609. The van der Waals surface area contributed by atoms with Crippen molar-refractivity contribution < 1.29 is 30.9 Å². The Hall–Kier alpha value is -1.77. The lowest BCUT2D eigenvalue weighted by atomic mass is 10.3. The van der Waals surface area contributed by atoms with Gasteiger partial charge in [0.25, 0.3) is 0 Å². The second kappa shape index (κ2) is 4.37. The molecule has 2 aromatic carbocycles. The summed E-state index contributed by atoms with van der Waals surface area (Å²) in [6, 6.07) is 4.21. The molecule has 0 radical (unpaired) electrons. The highest BCUT2D eigenvalue weighted by atomic mass is 32.3. The first kappa shape index (κ1) is 14.6. The van der Waals surface area contributed by atoms with Crippen LogP contribution in [0.4, 0.5) is 17.6 Å². The van der Waals surface area contributed by atoms with E-state index in [-0.39, 0.29) is 0 Å². The van der Waals surface area contributed by atoms with E-state index >= 15 is 0 Å². The molecule has 0 bridgehead atoms. The maximum absolute atomic E-state index is 13.6. The van der Waals surface area contributed by atoms with E-state index in [4.69, 9.17) is 0 Å². The van der Waals surface area contributed by atoms with E-state index < -0.39 is 42.7 Å². The molecule has 108 valence electrons. The summed E-state index contributed by atoms with van der Waals surface area (Å²) < 4.78 is 85.2. The van der Waals surface area contributed by atoms with Crippen molar-refractivity contribution in [1.82, 2.24) is 0 Å². The van der Waals surface area contributed by atoms with Gasteiger partial charge in [-0.05, 0) is 24.3 Å². The molecule has 0 aliphatic carbocycles. The zero-order chi connectivity index (χ0) is 15.2. The van der Waals surface area contributed by atoms with Crippen LogP contribution in [0.1, 0.15) is 0 Å². The van der Waals surface area contributed by atoms with E-state index in [2.05, 4.69) is 0 Å². The Bertz CT molecular complexity index is 697. The Labute approximate surface area is 110 Å². The number of halogens is 4. The summed E-state index contributed by atoms with van der Waals surface area (Å²) in [6.45, 7) is 0. The van der Waals surface area contributed by atoms with E-state index in [1.165, 1.54) is 0 Å². The maximum Gasteiger partial charge on any atom is 0.177 e. The van der Waals surface area contributed by atoms with Gasteiger partial charge in [-0.1, -0.05) is 12.1 Å². The lowest BCUT2D eigenvalue weighted by molar-refractivity contribution is 0.367. The van der Waals surface area contributed by atoms with Crippen molar-refractivity contribution in [2.45, 2.75) is 9.79 Å². The summed E-state index contributed by atoms with van der Waals surface area (Å²) in [5, 5.41) is 0. The van der Waals surface area contributed by atoms with Gasteiger partial charge in [0, 0.05) is 0 Å². The van der Waals surface area contributed by atoms with Crippen LogP contribution in [0.5, 0.6) is 0 Å². The van der Waals surface area contributed by atoms with Crippen molar-refractivity contribution in [3.8, 4) is 0 Å².